The molecule has 118 valence electrons. The third-order valence-electron chi connectivity index (χ3n) is 3.57. The van der Waals surface area contributed by atoms with E-state index in [2.05, 4.69) is 17.1 Å². The van der Waals surface area contributed by atoms with Crippen LogP contribution in [0.4, 0.5) is 5.69 Å². The van der Waals surface area contributed by atoms with Crippen molar-refractivity contribution < 1.29 is 14.3 Å². The van der Waals surface area contributed by atoms with Gasteiger partial charge in [0.15, 0.2) is 0 Å². The fourth-order valence-electron chi connectivity index (χ4n) is 1.94. The highest BCUT2D eigenvalue weighted by atomic mass is 16.5. The number of benzene rings is 1. The second-order valence-electron chi connectivity index (χ2n) is 5.07. The molecule has 1 amide bonds. The second kappa shape index (κ2) is 8.52. The zero-order valence-electron chi connectivity index (χ0n) is 13.6. The number of ether oxygens (including phenoxy) is 2. The van der Waals surface area contributed by atoms with Gasteiger partial charge in [-0.25, -0.2) is 0 Å². The first-order chi connectivity index (χ1) is 10.0. The summed E-state index contributed by atoms with van der Waals surface area (Å²) in [4.78, 5) is 14.4. The molecule has 0 bridgehead atoms. The molecular formula is C16H26N2O3. The summed E-state index contributed by atoms with van der Waals surface area (Å²) in [5.74, 6) is 1.24. The van der Waals surface area contributed by atoms with E-state index in [4.69, 9.17) is 9.47 Å². The summed E-state index contributed by atoms with van der Waals surface area (Å²) in [6.07, 6.45) is 2.20. The van der Waals surface area contributed by atoms with Crippen LogP contribution in [0.3, 0.4) is 0 Å². The third kappa shape index (κ3) is 4.93. The average molecular weight is 294 g/mol. The van der Waals surface area contributed by atoms with Gasteiger partial charge in [0.2, 0.25) is 5.91 Å². The Morgan fingerprint density at radius 3 is 2.62 bits per heavy atom. The largest absolute Gasteiger partial charge is 0.497 e. The van der Waals surface area contributed by atoms with Gasteiger partial charge in [-0.3, -0.25) is 9.69 Å². The number of anilines is 1. The molecule has 5 nitrogen and oxygen atoms in total. The number of amides is 1. The van der Waals surface area contributed by atoms with Crippen molar-refractivity contribution in [3.8, 4) is 11.5 Å². The quantitative estimate of drug-likeness (QED) is 0.801. The van der Waals surface area contributed by atoms with E-state index in [1.807, 2.05) is 14.0 Å². The molecule has 0 saturated carbocycles. The topological polar surface area (TPSA) is 50.8 Å². The molecule has 5 heteroatoms. The molecular weight excluding hydrogens is 268 g/mol. The number of hydrogen-bond donors (Lipinski definition) is 1. The number of nitrogens with one attached hydrogen (secondary N) is 1. The average Bonchev–Trinajstić information content (AvgIpc) is 2.51. The van der Waals surface area contributed by atoms with Gasteiger partial charge in [-0.05, 0) is 39.1 Å². The Morgan fingerprint density at radius 1 is 1.33 bits per heavy atom. The normalized spacial score (nSPS) is 12.1. The first-order valence-electron chi connectivity index (χ1n) is 7.26. The third-order valence-corrected chi connectivity index (χ3v) is 3.57. The van der Waals surface area contributed by atoms with Crippen LogP contribution in [-0.2, 0) is 4.79 Å². The van der Waals surface area contributed by atoms with E-state index in [9.17, 15) is 4.79 Å². The summed E-state index contributed by atoms with van der Waals surface area (Å²) in [7, 11) is 5.13. The predicted molar refractivity (Wildman–Crippen MR) is 85.2 cm³/mol. The van der Waals surface area contributed by atoms with Crippen molar-refractivity contribution in [1.82, 2.24) is 4.90 Å². The minimum Gasteiger partial charge on any atom is -0.497 e. The highest BCUT2D eigenvalue weighted by molar-refractivity contribution is 5.95. The van der Waals surface area contributed by atoms with Gasteiger partial charge in [0, 0.05) is 6.07 Å². The minimum absolute atomic E-state index is 0.0444. The molecule has 0 aliphatic rings. The van der Waals surface area contributed by atoms with E-state index in [1.54, 1.807) is 32.4 Å². The van der Waals surface area contributed by atoms with Crippen LogP contribution in [0.2, 0.25) is 0 Å². The van der Waals surface area contributed by atoms with Gasteiger partial charge in [-0.1, -0.05) is 13.3 Å². The van der Waals surface area contributed by atoms with Crippen LogP contribution in [0.1, 0.15) is 26.7 Å². The fraction of sp³-hybridized carbons (Fsp3) is 0.562. The lowest BCUT2D eigenvalue weighted by molar-refractivity contribution is -0.120. The summed E-state index contributed by atoms with van der Waals surface area (Å²) < 4.78 is 10.4. The summed E-state index contributed by atoms with van der Waals surface area (Å²) >= 11 is 0. The molecule has 1 atom stereocenters. The Morgan fingerprint density at radius 2 is 2.05 bits per heavy atom. The van der Waals surface area contributed by atoms with Gasteiger partial charge in [0.1, 0.15) is 11.5 Å². The van der Waals surface area contributed by atoms with Crippen molar-refractivity contribution in [2.24, 2.45) is 0 Å². The van der Waals surface area contributed by atoms with Gasteiger partial charge >= 0.3 is 0 Å². The molecule has 0 fully saturated rings. The lowest BCUT2D eigenvalue weighted by Gasteiger charge is -2.24. The molecule has 0 aromatic heterocycles. The first-order valence-corrected chi connectivity index (χ1v) is 7.26. The molecule has 21 heavy (non-hydrogen) atoms. The summed E-state index contributed by atoms with van der Waals surface area (Å²) in [6, 6.07) is 5.14. The second-order valence-corrected chi connectivity index (χ2v) is 5.07. The number of likely N-dealkylation sites (N-methyl/N-ethyl adjacent to an activating group) is 1. The summed E-state index contributed by atoms with van der Waals surface area (Å²) in [5, 5.41) is 2.91. The van der Waals surface area contributed by atoms with Gasteiger partial charge in [0.05, 0.1) is 25.9 Å². The maximum atomic E-state index is 12.3. The van der Waals surface area contributed by atoms with E-state index >= 15 is 0 Å². The Kier molecular flexibility index (Phi) is 7.02. The van der Waals surface area contributed by atoms with Crippen molar-refractivity contribution >= 4 is 11.6 Å². The Bertz CT molecular complexity index is 463. The number of unbranched alkanes of at least 4 members (excludes halogenated alkanes) is 1. The van der Waals surface area contributed by atoms with Crippen LogP contribution >= 0.6 is 0 Å². The molecule has 0 saturated heterocycles. The predicted octanol–water partition coefficient (Wildman–Crippen LogP) is 2.76. The first kappa shape index (κ1) is 17.3. The number of rotatable bonds is 8. The number of carbonyl (C=O) groups excluding carboxylic acids is 1. The Labute approximate surface area is 127 Å². The van der Waals surface area contributed by atoms with Crippen molar-refractivity contribution in [1.29, 1.82) is 0 Å². The van der Waals surface area contributed by atoms with Crippen LogP contribution in [0.15, 0.2) is 18.2 Å². The number of nitrogens with zero attached hydrogens (tertiary/aromatic N) is 1. The summed E-state index contributed by atoms with van der Waals surface area (Å²) in [5.41, 5.74) is 0.652. The molecule has 1 aromatic rings. The zero-order valence-corrected chi connectivity index (χ0v) is 13.6. The lowest BCUT2D eigenvalue weighted by atomic mass is 10.2. The van der Waals surface area contributed by atoms with Crippen molar-refractivity contribution in [3.05, 3.63) is 18.2 Å². The molecule has 0 aliphatic carbocycles. The Hall–Kier alpha value is -1.75. The van der Waals surface area contributed by atoms with Crippen LogP contribution in [0, 0.1) is 0 Å². The van der Waals surface area contributed by atoms with Gasteiger partial charge in [-0.2, -0.15) is 0 Å². The SMILES string of the molecule is CCCCN(C)C(C)C(=O)Nc1ccc(OC)cc1OC. The van der Waals surface area contributed by atoms with Gasteiger partial charge in [0.25, 0.3) is 0 Å². The molecule has 0 heterocycles. The monoisotopic (exact) mass is 294 g/mol. The number of hydrogen-bond acceptors (Lipinski definition) is 4. The standard InChI is InChI=1S/C16H26N2O3/c1-6-7-10-18(3)12(2)16(19)17-14-9-8-13(20-4)11-15(14)21-5/h8-9,11-12H,6-7,10H2,1-5H3,(H,17,19). The Balaban J connectivity index is 2.73. The van der Waals surface area contributed by atoms with E-state index in [0.29, 0.717) is 17.2 Å². The maximum Gasteiger partial charge on any atom is 0.241 e. The highest BCUT2D eigenvalue weighted by Crippen LogP contribution is 2.29. The van der Waals surface area contributed by atoms with Gasteiger partial charge < -0.3 is 14.8 Å². The molecule has 1 rings (SSSR count). The van der Waals surface area contributed by atoms with Gasteiger partial charge in [-0.15, -0.1) is 0 Å². The smallest absolute Gasteiger partial charge is 0.241 e. The molecule has 1 N–H and O–H groups in total. The lowest BCUT2D eigenvalue weighted by Crippen LogP contribution is -2.40. The number of methoxy groups -OCH3 is 2. The molecule has 0 aliphatic heterocycles. The minimum atomic E-state index is -0.191. The fourth-order valence-corrected chi connectivity index (χ4v) is 1.94. The van der Waals surface area contributed by atoms with Crippen molar-refractivity contribution in [2.45, 2.75) is 32.7 Å². The summed E-state index contributed by atoms with van der Waals surface area (Å²) in [6.45, 7) is 4.95. The van der Waals surface area contributed by atoms with Crippen molar-refractivity contribution in [3.63, 3.8) is 0 Å². The maximum absolute atomic E-state index is 12.3. The van der Waals surface area contributed by atoms with Crippen LogP contribution in [-0.4, -0.2) is 44.7 Å². The van der Waals surface area contributed by atoms with E-state index in [1.165, 1.54) is 0 Å². The molecule has 0 radical (unpaired) electrons. The van der Waals surface area contributed by atoms with E-state index < -0.39 is 0 Å². The number of carbonyl (C=O) groups is 1. The van der Waals surface area contributed by atoms with Crippen LogP contribution in [0.25, 0.3) is 0 Å². The van der Waals surface area contributed by atoms with Crippen LogP contribution in [0.5, 0.6) is 11.5 Å². The molecule has 0 spiro atoms. The molecule has 1 aromatic carbocycles. The zero-order chi connectivity index (χ0) is 15.8. The van der Waals surface area contributed by atoms with E-state index in [0.717, 1.165) is 19.4 Å². The van der Waals surface area contributed by atoms with Crippen molar-refractivity contribution in [2.75, 3.05) is 33.1 Å². The molecule has 1 unspecified atom stereocenters. The van der Waals surface area contributed by atoms with Crippen LogP contribution < -0.4 is 14.8 Å². The van der Waals surface area contributed by atoms with E-state index in [-0.39, 0.29) is 11.9 Å². The highest BCUT2D eigenvalue weighted by Gasteiger charge is 2.19.